The van der Waals surface area contributed by atoms with Gasteiger partial charge < -0.3 is 9.30 Å². The summed E-state index contributed by atoms with van der Waals surface area (Å²) in [5, 5.41) is 0.811. The number of carbonyl (C=O) groups is 2. The minimum absolute atomic E-state index is 0.375. The standard InChI is InChI=1S/C17H14N2O3/c1-19-9-13(10-20)15-14(7-8-18-16(15)19)11-3-5-12(6-4-11)17(21)22-2/h3-10H,1-2H3. The zero-order chi connectivity index (χ0) is 15.7. The van der Waals surface area contributed by atoms with Gasteiger partial charge in [0.1, 0.15) is 5.65 Å². The minimum Gasteiger partial charge on any atom is -0.465 e. The molecule has 2 heterocycles. The number of aromatic nitrogens is 2. The van der Waals surface area contributed by atoms with E-state index in [1.165, 1.54) is 7.11 Å². The highest BCUT2D eigenvalue weighted by Crippen LogP contribution is 2.30. The van der Waals surface area contributed by atoms with Crippen molar-refractivity contribution in [2.75, 3.05) is 7.11 Å². The molecule has 22 heavy (non-hydrogen) atoms. The van der Waals surface area contributed by atoms with Crippen LogP contribution in [0.15, 0.2) is 42.7 Å². The van der Waals surface area contributed by atoms with Crippen molar-refractivity contribution in [2.24, 2.45) is 7.05 Å². The van der Waals surface area contributed by atoms with E-state index in [0.29, 0.717) is 11.1 Å². The summed E-state index contributed by atoms with van der Waals surface area (Å²) in [5.74, 6) is -0.375. The van der Waals surface area contributed by atoms with Gasteiger partial charge in [0.15, 0.2) is 6.29 Å². The van der Waals surface area contributed by atoms with Crippen molar-refractivity contribution in [1.82, 2.24) is 9.55 Å². The fourth-order valence-corrected chi connectivity index (χ4v) is 2.57. The molecule has 3 rings (SSSR count). The van der Waals surface area contributed by atoms with Crippen LogP contribution in [0.5, 0.6) is 0 Å². The topological polar surface area (TPSA) is 61.2 Å². The average molecular weight is 294 g/mol. The second-order valence-electron chi connectivity index (χ2n) is 4.94. The predicted molar refractivity (Wildman–Crippen MR) is 82.9 cm³/mol. The molecule has 2 aromatic heterocycles. The van der Waals surface area contributed by atoms with Crippen LogP contribution in [0.25, 0.3) is 22.2 Å². The Kier molecular flexibility index (Phi) is 3.47. The lowest BCUT2D eigenvalue weighted by Gasteiger charge is -2.06. The van der Waals surface area contributed by atoms with Gasteiger partial charge in [-0.3, -0.25) is 4.79 Å². The fourth-order valence-electron chi connectivity index (χ4n) is 2.57. The van der Waals surface area contributed by atoms with E-state index < -0.39 is 0 Å². The van der Waals surface area contributed by atoms with Crippen molar-refractivity contribution in [3.05, 3.63) is 53.9 Å². The molecular formula is C17H14N2O3. The number of esters is 1. The van der Waals surface area contributed by atoms with Crippen LogP contribution in [-0.4, -0.2) is 28.9 Å². The number of carbonyl (C=O) groups excluding carboxylic acids is 2. The summed E-state index contributed by atoms with van der Waals surface area (Å²) in [6, 6.07) is 8.95. The lowest BCUT2D eigenvalue weighted by Crippen LogP contribution is -2.00. The van der Waals surface area contributed by atoms with E-state index >= 15 is 0 Å². The third-order valence-corrected chi connectivity index (χ3v) is 3.63. The number of hydrogen-bond acceptors (Lipinski definition) is 4. The fraction of sp³-hybridized carbons (Fsp3) is 0.118. The molecule has 0 aliphatic heterocycles. The highest BCUT2D eigenvalue weighted by molar-refractivity contribution is 6.04. The summed E-state index contributed by atoms with van der Waals surface area (Å²) in [5.41, 5.74) is 3.65. The third-order valence-electron chi connectivity index (χ3n) is 3.63. The minimum atomic E-state index is -0.375. The first-order valence-electron chi connectivity index (χ1n) is 6.73. The van der Waals surface area contributed by atoms with Crippen LogP contribution in [0.2, 0.25) is 0 Å². The molecule has 0 saturated carbocycles. The number of hydrogen-bond donors (Lipinski definition) is 0. The SMILES string of the molecule is COC(=O)c1ccc(-c2ccnc3c2c(C=O)cn3C)cc1. The van der Waals surface area contributed by atoms with E-state index in [4.69, 9.17) is 4.74 Å². The van der Waals surface area contributed by atoms with Crippen LogP contribution in [0.3, 0.4) is 0 Å². The molecule has 0 aliphatic carbocycles. The maximum Gasteiger partial charge on any atom is 0.337 e. The molecule has 3 aromatic rings. The van der Waals surface area contributed by atoms with Gasteiger partial charge in [0.05, 0.1) is 12.7 Å². The van der Waals surface area contributed by atoms with Gasteiger partial charge in [-0.05, 0) is 29.3 Å². The second-order valence-corrected chi connectivity index (χ2v) is 4.94. The van der Waals surface area contributed by atoms with Crippen LogP contribution in [0.1, 0.15) is 20.7 Å². The normalized spacial score (nSPS) is 10.6. The van der Waals surface area contributed by atoms with E-state index in [1.54, 1.807) is 24.5 Å². The Balaban J connectivity index is 2.18. The Labute approximate surface area is 127 Å². The summed E-state index contributed by atoms with van der Waals surface area (Å²) >= 11 is 0. The van der Waals surface area contributed by atoms with Crippen LogP contribution in [-0.2, 0) is 11.8 Å². The van der Waals surface area contributed by atoms with Crippen LogP contribution in [0.4, 0.5) is 0 Å². The lowest BCUT2D eigenvalue weighted by molar-refractivity contribution is 0.0600. The second kappa shape index (κ2) is 5.44. The molecular weight excluding hydrogens is 280 g/mol. The van der Waals surface area contributed by atoms with E-state index in [1.807, 2.05) is 29.8 Å². The van der Waals surface area contributed by atoms with E-state index in [-0.39, 0.29) is 5.97 Å². The number of aryl methyl sites for hydroxylation is 1. The zero-order valence-electron chi connectivity index (χ0n) is 12.2. The number of benzene rings is 1. The Morgan fingerprint density at radius 1 is 1.23 bits per heavy atom. The summed E-state index contributed by atoms with van der Waals surface area (Å²) in [6.07, 6.45) is 4.30. The smallest absolute Gasteiger partial charge is 0.337 e. The first-order chi connectivity index (χ1) is 10.7. The van der Waals surface area contributed by atoms with Crippen LogP contribution < -0.4 is 0 Å². The van der Waals surface area contributed by atoms with Crippen molar-refractivity contribution >= 4 is 23.3 Å². The first-order valence-corrected chi connectivity index (χ1v) is 6.73. The van der Waals surface area contributed by atoms with Gasteiger partial charge in [-0.25, -0.2) is 9.78 Å². The molecule has 0 radical (unpaired) electrons. The molecule has 0 N–H and O–H groups in total. The number of ether oxygens (including phenoxy) is 1. The Bertz CT molecular complexity index is 863. The number of aldehydes is 1. The van der Waals surface area contributed by atoms with Crippen molar-refractivity contribution in [3.63, 3.8) is 0 Å². The molecule has 5 heteroatoms. The highest BCUT2D eigenvalue weighted by atomic mass is 16.5. The van der Waals surface area contributed by atoms with Crippen molar-refractivity contribution in [1.29, 1.82) is 0 Å². The third kappa shape index (κ3) is 2.16. The van der Waals surface area contributed by atoms with Gasteiger partial charge in [-0.1, -0.05) is 12.1 Å². The van der Waals surface area contributed by atoms with E-state index in [0.717, 1.165) is 28.4 Å². The number of methoxy groups -OCH3 is 1. The van der Waals surface area contributed by atoms with E-state index in [9.17, 15) is 9.59 Å². The number of nitrogens with zero attached hydrogens (tertiary/aromatic N) is 2. The van der Waals surface area contributed by atoms with Crippen LogP contribution in [0, 0.1) is 0 Å². The molecule has 1 aromatic carbocycles. The molecule has 0 saturated heterocycles. The summed E-state index contributed by atoms with van der Waals surface area (Å²) in [4.78, 5) is 27.1. The largest absolute Gasteiger partial charge is 0.465 e. The van der Waals surface area contributed by atoms with Gasteiger partial charge in [0, 0.05) is 30.4 Å². The van der Waals surface area contributed by atoms with E-state index in [2.05, 4.69) is 4.98 Å². The van der Waals surface area contributed by atoms with Gasteiger partial charge in [-0.2, -0.15) is 0 Å². The van der Waals surface area contributed by atoms with Gasteiger partial charge in [-0.15, -0.1) is 0 Å². The highest BCUT2D eigenvalue weighted by Gasteiger charge is 2.13. The molecule has 0 spiro atoms. The van der Waals surface area contributed by atoms with Gasteiger partial charge >= 0.3 is 5.97 Å². The molecule has 0 fully saturated rings. The van der Waals surface area contributed by atoms with Crippen molar-refractivity contribution in [3.8, 4) is 11.1 Å². The maximum absolute atomic E-state index is 11.5. The monoisotopic (exact) mass is 294 g/mol. The number of pyridine rings is 1. The molecule has 0 amide bonds. The van der Waals surface area contributed by atoms with Gasteiger partial charge in [0.25, 0.3) is 0 Å². The maximum atomic E-state index is 11.5. The van der Waals surface area contributed by atoms with Crippen LogP contribution >= 0.6 is 0 Å². The molecule has 0 aliphatic rings. The van der Waals surface area contributed by atoms with Crippen molar-refractivity contribution in [2.45, 2.75) is 0 Å². The van der Waals surface area contributed by atoms with Gasteiger partial charge in [0.2, 0.25) is 0 Å². The predicted octanol–water partition coefficient (Wildman–Crippen LogP) is 2.84. The van der Waals surface area contributed by atoms with Crippen molar-refractivity contribution < 1.29 is 14.3 Å². The summed E-state index contributed by atoms with van der Waals surface area (Å²) in [7, 11) is 3.20. The zero-order valence-corrected chi connectivity index (χ0v) is 12.2. The number of rotatable bonds is 3. The molecule has 5 nitrogen and oxygen atoms in total. The average Bonchev–Trinajstić information content (AvgIpc) is 2.91. The number of fused-ring (bicyclic) bond motifs is 1. The quantitative estimate of drug-likeness (QED) is 0.550. The molecule has 110 valence electrons. The Morgan fingerprint density at radius 2 is 1.95 bits per heavy atom. The summed E-state index contributed by atoms with van der Waals surface area (Å²) < 4.78 is 6.52. The lowest BCUT2D eigenvalue weighted by atomic mass is 10.0. The summed E-state index contributed by atoms with van der Waals surface area (Å²) in [6.45, 7) is 0. The molecule has 0 unspecified atom stereocenters. The Morgan fingerprint density at radius 3 is 2.59 bits per heavy atom. The Hall–Kier alpha value is -2.95. The molecule has 0 atom stereocenters. The first kappa shape index (κ1) is 14.0. The molecule has 0 bridgehead atoms.